The van der Waals surface area contributed by atoms with E-state index >= 15 is 0 Å². The van der Waals surface area contributed by atoms with Crippen LogP contribution in [0.15, 0.2) is 48.5 Å². The maximum absolute atomic E-state index is 14.2. The molecule has 0 radical (unpaired) electrons. The number of aromatic nitrogens is 4. The number of carbonyl (C=O) groups excluding carboxylic acids is 1. The highest BCUT2D eigenvalue weighted by atomic mass is 35.5. The number of hydrogen-bond donors (Lipinski definition) is 2. The van der Waals surface area contributed by atoms with E-state index in [2.05, 4.69) is 20.8 Å². The van der Waals surface area contributed by atoms with Crippen LogP contribution in [-0.2, 0) is 6.54 Å². The second-order valence-corrected chi connectivity index (χ2v) is 10.1. The number of aryl methyl sites for hydroxylation is 1. The minimum atomic E-state index is -4.60. The smallest absolute Gasteiger partial charge is 0.410 e. The van der Waals surface area contributed by atoms with Crippen molar-refractivity contribution >= 4 is 29.0 Å². The van der Waals surface area contributed by atoms with Crippen LogP contribution in [0.4, 0.5) is 24.7 Å². The van der Waals surface area contributed by atoms with Crippen molar-refractivity contribution in [3.63, 3.8) is 0 Å². The van der Waals surface area contributed by atoms with Crippen LogP contribution in [0.25, 0.3) is 0 Å². The number of ether oxygens (including phenoxy) is 2. The average molecular weight is 589 g/mol. The van der Waals surface area contributed by atoms with E-state index in [1.807, 2.05) is 18.2 Å². The maximum atomic E-state index is 14.2. The molecule has 1 amide bonds. The summed E-state index contributed by atoms with van der Waals surface area (Å²) < 4.78 is 55.7. The Labute approximate surface area is 239 Å². The van der Waals surface area contributed by atoms with Crippen LogP contribution in [0.3, 0.4) is 0 Å². The molecular weight excluding hydrogens is 561 g/mol. The quantitative estimate of drug-likeness (QED) is 0.262. The third kappa shape index (κ3) is 5.56. The summed E-state index contributed by atoms with van der Waals surface area (Å²) in [5.41, 5.74) is 2.94. The topological polar surface area (TPSA) is 95.2 Å². The second kappa shape index (κ2) is 11.0. The molecule has 1 aliphatic heterocycles. The first-order valence-corrected chi connectivity index (χ1v) is 13.1. The number of benzene rings is 2. The number of alkyl halides is 3. The van der Waals surface area contributed by atoms with Crippen molar-refractivity contribution in [1.29, 1.82) is 0 Å². The number of methoxy groups -OCH3 is 2. The van der Waals surface area contributed by atoms with Crippen LogP contribution < -0.4 is 20.1 Å². The fourth-order valence-corrected chi connectivity index (χ4v) is 5.17. The number of halogens is 4. The minimum Gasteiger partial charge on any atom is -0.493 e. The molecule has 0 aliphatic carbocycles. The predicted octanol–water partition coefficient (Wildman–Crippen LogP) is 6.33. The van der Waals surface area contributed by atoms with Gasteiger partial charge in [0.05, 0.1) is 43.9 Å². The Balaban J connectivity index is 1.41. The summed E-state index contributed by atoms with van der Waals surface area (Å²) in [6, 6.07) is 11.0. The molecule has 216 valence electrons. The van der Waals surface area contributed by atoms with Gasteiger partial charge in [0, 0.05) is 17.5 Å². The molecule has 0 spiro atoms. The molecule has 9 nitrogen and oxygen atoms in total. The van der Waals surface area contributed by atoms with Gasteiger partial charge in [-0.1, -0.05) is 35.9 Å². The van der Waals surface area contributed by atoms with Gasteiger partial charge in [0.1, 0.15) is 5.82 Å². The van der Waals surface area contributed by atoms with Gasteiger partial charge in [0.25, 0.3) is 5.91 Å². The third-order valence-corrected chi connectivity index (χ3v) is 7.50. The average Bonchev–Trinajstić information content (AvgIpc) is 3.49. The molecule has 13 heteroatoms. The van der Waals surface area contributed by atoms with E-state index in [0.717, 1.165) is 10.2 Å². The Morgan fingerprint density at radius 1 is 1.10 bits per heavy atom. The lowest BCUT2D eigenvalue weighted by Crippen LogP contribution is -2.35. The van der Waals surface area contributed by atoms with E-state index in [0.29, 0.717) is 45.7 Å². The van der Waals surface area contributed by atoms with Crippen LogP contribution in [0.5, 0.6) is 11.5 Å². The van der Waals surface area contributed by atoms with Gasteiger partial charge in [0.15, 0.2) is 23.2 Å². The summed E-state index contributed by atoms with van der Waals surface area (Å²) in [5.74, 6) is 0.284. The summed E-state index contributed by atoms with van der Waals surface area (Å²) >= 11 is 6.29. The van der Waals surface area contributed by atoms with E-state index in [9.17, 15) is 18.0 Å². The molecule has 2 N–H and O–H groups in total. The molecule has 41 heavy (non-hydrogen) atoms. The highest BCUT2D eigenvalue weighted by molar-refractivity contribution is 6.31. The number of anilines is 2. The SMILES string of the molecule is COc1ccc([C@H]2C[C@@H](C(F)(F)F)n3nc(C(=O)Nc4c(C)nn(Cc5ccccc5Cl)c4C)cc3N2)cc1OC. The highest BCUT2D eigenvalue weighted by Gasteiger charge is 2.47. The van der Waals surface area contributed by atoms with Gasteiger partial charge in [0.2, 0.25) is 0 Å². The van der Waals surface area contributed by atoms with Crippen molar-refractivity contribution in [2.24, 2.45) is 0 Å². The number of amides is 1. The summed E-state index contributed by atoms with van der Waals surface area (Å²) in [7, 11) is 2.94. The van der Waals surface area contributed by atoms with Crippen molar-refractivity contribution in [2.75, 3.05) is 24.9 Å². The van der Waals surface area contributed by atoms with Gasteiger partial charge in [-0.05, 0) is 43.2 Å². The minimum absolute atomic E-state index is 0.0753. The summed E-state index contributed by atoms with van der Waals surface area (Å²) in [5, 5.41) is 15.0. The number of nitrogens with one attached hydrogen (secondary N) is 2. The Kier molecular flexibility index (Phi) is 7.60. The Morgan fingerprint density at radius 2 is 1.83 bits per heavy atom. The predicted molar refractivity (Wildman–Crippen MR) is 148 cm³/mol. The zero-order valence-corrected chi connectivity index (χ0v) is 23.5. The molecule has 5 rings (SSSR count). The second-order valence-electron chi connectivity index (χ2n) is 9.71. The largest absolute Gasteiger partial charge is 0.493 e. The van der Waals surface area contributed by atoms with E-state index in [4.69, 9.17) is 21.1 Å². The normalized spacial score (nSPS) is 16.6. The van der Waals surface area contributed by atoms with Gasteiger partial charge in [-0.25, -0.2) is 4.68 Å². The number of carbonyl (C=O) groups is 1. The Bertz CT molecular complexity index is 1600. The van der Waals surface area contributed by atoms with E-state index in [-0.39, 0.29) is 17.9 Å². The number of hydrogen-bond acceptors (Lipinski definition) is 6. The third-order valence-electron chi connectivity index (χ3n) is 7.13. The molecule has 1 aliphatic rings. The lowest BCUT2D eigenvalue weighted by molar-refractivity contribution is -0.173. The van der Waals surface area contributed by atoms with Gasteiger partial charge < -0.3 is 20.1 Å². The molecule has 3 heterocycles. The fourth-order valence-electron chi connectivity index (χ4n) is 4.97. The van der Waals surface area contributed by atoms with E-state index in [1.54, 1.807) is 42.8 Å². The molecule has 0 fully saturated rings. The summed E-state index contributed by atoms with van der Waals surface area (Å²) in [4.78, 5) is 13.2. The number of fused-ring (bicyclic) bond motifs is 1. The van der Waals surface area contributed by atoms with E-state index in [1.165, 1.54) is 20.3 Å². The molecular formula is C28H28ClF3N6O3. The molecule has 0 saturated carbocycles. The fraction of sp³-hybridized carbons (Fsp3) is 0.321. The maximum Gasteiger partial charge on any atom is 0.410 e. The first-order valence-electron chi connectivity index (χ1n) is 12.7. The van der Waals surface area contributed by atoms with Crippen LogP contribution in [-0.4, -0.2) is 45.9 Å². The molecule has 0 bridgehead atoms. The van der Waals surface area contributed by atoms with Crippen molar-refractivity contribution in [3.05, 3.63) is 81.8 Å². The summed E-state index contributed by atoms with van der Waals surface area (Å²) in [6.45, 7) is 3.91. The first kappa shape index (κ1) is 28.3. The zero-order chi connectivity index (χ0) is 29.5. The molecule has 0 unspecified atom stereocenters. The van der Waals surface area contributed by atoms with Crippen molar-refractivity contribution in [1.82, 2.24) is 19.6 Å². The van der Waals surface area contributed by atoms with Crippen LogP contribution >= 0.6 is 11.6 Å². The molecule has 2 aromatic carbocycles. The number of rotatable bonds is 7. The summed E-state index contributed by atoms with van der Waals surface area (Å²) in [6.07, 6.45) is -4.93. The number of nitrogens with zero attached hydrogens (tertiary/aromatic N) is 4. The van der Waals surface area contributed by atoms with Crippen LogP contribution in [0.1, 0.15) is 51.5 Å². The van der Waals surface area contributed by atoms with Gasteiger partial charge in [-0.15, -0.1) is 0 Å². The van der Waals surface area contributed by atoms with Gasteiger partial charge in [-0.3, -0.25) is 9.48 Å². The van der Waals surface area contributed by atoms with Crippen molar-refractivity contribution < 1.29 is 27.4 Å². The Morgan fingerprint density at radius 3 is 2.51 bits per heavy atom. The zero-order valence-electron chi connectivity index (χ0n) is 22.7. The van der Waals surface area contributed by atoms with Gasteiger partial charge >= 0.3 is 6.18 Å². The lowest BCUT2D eigenvalue weighted by Gasteiger charge is -2.33. The Hall–Kier alpha value is -4.19. The molecule has 4 aromatic rings. The van der Waals surface area contributed by atoms with Crippen LogP contribution in [0, 0.1) is 13.8 Å². The lowest BCUT2D eigenvalue weighted by atomic mass is 9.96. The van der Waals surface area contributed by atoms with Crippen LogP contribution in [0.2, 0.25) is 5.02 Å². The molecule has 0 saturated heterocycles. The van der Waals surface area contributed by atoms with Gasteiger partial charge in [-0.2, -0.15) is 23.4 Å². The highest BCUT2D eigenvalue weighted by Crippen LogP contribution is 2.44. The monoisotopic (exact) mass is 588 g/mol. The van der Waals surface area contributed by atoms with E-state index < -0.39 is 24.2 Å². The van der Waals surface area contributed by atoms with Crippen molar-refractivity contribution in [2.45, 2.75) is 45.1 Å². The standard InChI is InChI=1S/C28H28ClF3N6O3/c1-15-26(16(2)37(35-15)14-18-7-5-6-8-19(18)29)34-27(39)21-13-25-33-20(12-24(28(30,31)32)38(25)36-21)17-9-10-22(40-3)23(11-17)41-4/h5-11,13,20,24,33H,12,14H2,1-4H3,(H,34,39)/t20-,24+/m1/s1. The first-order chi connectivity index (χ1) is 19.5. The molecule has 2 atom stereocenters. The molecule has 2 aromatic heterocycles. The van der Waals surface area contributed by atoms with Crippen molar-refractivity contribution in [3.8, 4) is 11.5 Å².